The summed E-state index contributed by atoms with van der Waals surface area (Å²) in [4.78, 5) is 11.4. The van der Waals surface area contributed by atoms with Crippen LogP contribution in [0.4, 0.5) is 8.78 Å². The van der Waals surface area contributed by atoms with Gasteiger partial charge in [-0.25, -0.2) is 8.78 Å². The molecule has 0 atom stereocenters. The van der Waals surface area contributed by atoms with Crippen LogP contribution in [0.1, 0.15) is 48.7 Å². The summed E-state index contributed by atoms with van der Waals surface area (Å²) in [6, 6.07) is 2.79. The van der Waals surface area contributed by atoms with Crippen LogP contribution in [0.5, 0.6) is 5.75 Å². The first-order valence-corrected chi connectivity index (χ1v) is 5.59. The number of rotatable bonds is 5. The van der Waals surface area contributed by atoms with Crippen LogP contribution in [0.25, 0.3) is 0 Å². The number of benzene rings is 1. The summed E-state index contributed by atoms with van der Waals surface area (Å²) in [6.45, 7) is 5.28. The second-order valence-corrected chi connectivity index (χ2v) is 3.69. The Labute approximate surface area is 99.6 Å². The lowest BCUT2D eigenvalue weighted by molar-refractivity contribution is 0.101. The Hall–Kier alpha value is -1.45. The molecule has 0 amide bonds. The topological polar surface area (TPSA) is 26.3 Å². The average Bonchev–Trinajstić information content (AvgIpc) is 2.28. The quantitative estimate of drug-likeness (QED) is 0.734. The maximum Gasteiger partial charge on any atom is 0.264 e. The van der Waals surface area contributed by atoms with Gasteiger partial charge in [0.15, 0.2) is 5.78 Å². The molecule has 0 aliphatic heterocycles. The van der Waals surface area contributed by atoms with Gasteiger partial charge in [-0.2, -0.15) is 0 Å². The highest BCUT2D eigenvalue weighted by atomic mass is 19.3. The largest absolute Gasteiger partial charge is 0.493 e. The van der Waals surface area contributed by atoms with E-state index in [1.54, 1.807) is 13.8 Å². The Kier molecular flexibility index (Phi) is 4.61. The molecule has 0 heterocycles. The first kappa shape index (κ1) is 13.6. The first-order valence-electron chi connectivity index (χ1n) is 5.59. The molecule has 94 valence electrons. The Bertz CT molecular complexity index is 414. The molecular weight excluding hydrogens is 226 g/mol. The van der Waals surface area contributed by atoms with Crippen LogP contribution in [0.15, 0.2) is 12.1 Å². The highest BCUT2D eigenvalue weighted by Gasteiger charge is 2.18. The third-order valence-electron chi connectivity index (χ3n) is 2.54. The average molecular weight is 242 g/mol. The molecule has 2 nitrogen and oxygen atoms in total. The molecule has 0 fully saturated rings. The van der Waals surface area contributed by atoms with Gasteiger partial charge in [0.25, 0.3) is 6.43 Å². The molecule has 0 saturated heterocycles. The monoisotopic (exact) mass is 242 g/mol. The summed E-state index contributed by atoms with van der Waals surface area (Å²) < 4.78 is 30.9. The van der Waals surface area contributed by atoms with Crippen LogP contribution < -0.4 is 4.74 Å². The molecule has 0 spiro atoms. The number of alkyl halides is 2. The number of carbonyl (C=O) groups is 1. The van der Waals surface area contributed by atoms with Gasteiger partial charge in [0.05, 0.1) is 12.2 Å². The fourth-order valence-electron chi connectivity index (χ4n) is 1.70. The van der Waals surface area contributed by atoms with Crippen LogP contribution in [0.2, 0.25) is 0 Å². The van der Waals surface area contributed by atoms with Crippen LogP contribution in [0, 0.1) is 0 Å². The normalized spacial score (nSPS) is 10.7. The zero-order valence-corrected chi connectivity index (χ0v) is 10.2. The second kappa shape index (κ2) is 5.75. The summed E-state index contributed by atoms with van der Waals surface area (Å²) in [6.07, 6.45) is -2.09. The summed E-state index contributed by atoms with van der Waals surface area (Å²) >= 11 is 0. The third-order valence-corrected chi connectivity index (χ3v) is 2.54. The van der Waals surface area contributed by atoms with E-state index in [-0.39, 0.29) is 17.1 Å². The fraction of sp³-hybridized carbons (Fsp3) is 0.462. The van der Waals surface area contributed by atoms with E-state index < -0.39 is 6.43 Å². The minimum absolute atomic E-state index is 0.0547. The van der Waals surface area contributed by atoms with Crippen molar-refractivity contribution in [2.24, 2.45) is 0 Å². The van der Waals surface area contributed by atoms with Crippen molar-refractivity contribution < 1.29 is 18.3 Å². The lowest BCUT2D eigenvalue weighted by Crippen LogP contribution is -2.05. The zero-order valence-electron chi connectivity index (χ0n) is 10.2. The maximum absolute atomic E-state index is 12.8. The van der Waals surface area contributed by atoms with Crippen molar-refractivity contribution in [2.45, 2.75) is 33.6 Å². The smallest absolute Gasteiger partial charge is 0.264 e. The molecule has 17 heavy (non-hydrogen) atoms. The van der Waals surface area contributed by atoms with Crippen molar-refractivity contribution in [1.82, 2.24) is 0 Å². The van der Waals surface area contributed by atoms with Crippen LogP contribution >= 0.6 is 0 Å². The van der Waals surface area contributed by atoms with E-state index in [4.69, 9.17) is 4.74 Å². The summed E-state index contributed by atoms with van der Waals surface area (Å²) in [5, 5.41) is 0. The number of hydrogen-bond acceptors (Lipinski definition) is 2. The van der Waals surface area contributed by atoms with Gasteiger partial charge in [0, 0.05) is 5.56 Å². The van der Waals surface area contributed by atoms with E-state index in [1.807, 2.05) is 0 Å². The van der Waals surface area contributed by atoms with Gasteiger partial charge in [-0.3, -0.25) is 4.79 Å². The van der Waals surface area contributed by atoms with E-state index in [1.165, 1.54) is 19.1 Å². The van der Waals surface area contributed by atoms with Gasteiger partial charge in [-0.1, -0.05) is 6.92 Å². The SMILES string of the molecule is CCOc1cc(C(F)F)c(CC)cc1C(C)=O. The molecule has 0 bridgehead atoms. The van der Waals surface area contributed by atoms with Crippen molar-refractivity contribution in [1.29, 1.82) is 0 Å². The lowest BCUT2D eigenvalue weighted by Gasteiger charge is -2.14. The molecule has 0 aromatic heterocycles. The molecule has 0 unspecified atom stereocenters. The third kappa shape index (κ3) is 3.02. The number of halogens is 2. The molecule has 0 radical (unpaired) electrons. The number of ketones is 1. The molecule has 4 heteroatoms. The van der Waals surface area contributed by atoms with Crippen molar-refractivity contribution in [3.05, 3.63) is 28.8 Å². The van der Waals surface area contributed by atoms with E-state index in [0.717, 1.165) is 0 Å². The van der Waals surface area contributed by atoms with E-state index >= 15 is 0 Å². The summed E-state index contributed by atoms with van der Waals surface area (Å²) in [5.41, 5.74) is 0.808. The molecule has 1 aromatic carbocycles. The highest BCUT2D eigenvalue weighted by Crippen LogP contribution is 2.31. The van der Waals surface area contributed by atoms with E-state index in [9.17, 15) is 13.6 Å². The number of carbonyl (C=O) groups excluding carboxylic acids is 1. The minimum Gasteiger partial charge on any atom is -0.493 e. The van der Waals surface area contributed by atoms with Gasteiger partial charge in [0.2, 0.25) is 0 Å². The molecular formula is C13H16F2O2. The molecule has 0 saturated carbocycles. The van der Waals surface area contributed by atoms with Gasteiger partial charge < -0.3 is 4.74 Å². The predicted molar refractivity (Wildman–Crippen MR) is 62.0 cm³/mol. The van der Waals surface area contributed by atoms with E-state index in [2.05, 4.69) is 0 Å². The van der Waals surface area contributed by atoms with Crippen molar-refractivity contribution >= 4 is 5.78 Å². The summed E-state index contributed by atoms with van der Waals surface area (Å²) in [7, 11) is 0. The first-order chi connectivity index (χ1) is 8.01. The van der Waals surface area contributed by atoms with Crippen LogP contribution in [-0.2, 0) is 6.42 Å². The van der Waals surface area contributed by atoms with Crippen LogP contribution in [-0.4, -0.2) is 12.4 Å². The van der Waals surface area contributed by atoms with Gasteiger partial charge >= 0.3 is 0 Å². The highest BCUT2D eigenvalue weighted by molar-refractivity contribution is 5.97. The molecule has 1 aromatic rings. The maximum atomic E-state index is 12.8. The van der Waals surface area contributed by atoms with Gasteiger partial charge in [-0.15, -0.1) is 0 Å². The van der Waals surface area contributed by atoms with Crippen molar-refractivity contribution in [3.63, 3.8) is 0 Å². The fourth-order valence-corrected chi connectivity index (χ4v) is 1.70. The van der Waals surface area contributed by atoms with Crippen LogP contribution in [0.3, 0.4) is 0 Å². The Morgan fingerprint density at radius 3 is 2.41 bits per heavy atom. The lowest BCUT2D eigenvalue weighted by atomic mass is 9.99. The van der Waals surface area contributed by atoms with Crippen molar-refractivity contribution in [3.8, 4) is 5.75 Å². The predicted octanol–water partition coefficient (Wildman–Crippen LogP) is 3.79. The number of aryl methyl sites for hydroxylation is 1. The Balaban J connectivity index is 3.36. The number of hydrogen-bond donors (Lipinski definition) is 0. The Morgan fingerprint density at radius 2 is 2.00 bits per heavy atom. The van der Waals surface area contributed by atoms with Gasteiger partial charge in [-0.05, 0) is 38.0 Å². The standard InChI is InChI=1S/C13H16F2O2/c1-4-9-6-10(8(3)16)12(17-5-2)7-11(9)13(14)15/h6-7,13H,4-5H2,1-3H3. The summed E-state index contributed by atoms with van der Waals surface area (Å²) in [5.74, 6) is 0.0662. The zero-order chi connectivity index (χ0) is 13.0. The molecule has 0 aliphatic carbocycles. The molecule has 0 N–H and O–H groups in total. The minimum atomic E-state index is -2.55. The Morgan fingerprint density at radius 1 is 1.35 bits per heavy atom. The molecule has 0 aliphatic rings. The molecule has 1 rings (SSSR count). The van der Waals surface area contributed by atoms with Crippen molar-refractivity contribution in [2.75, 3.05) is 6.61 Å². The van der Waals surface area contributed by atoms with Gasteiger partial charge in [0.1, 0.15) is 5.75 Å². The second-order valence-electron chi connectivity index (χ2n) is 3.69. The van der Waals surface area contributed by atoms with E-state index in [0.29, 0.717) is 24.2 Å². The number of ether oxygens (including phenoxy) is 1. The number of Topliss-reactive ketones (excluding diaryl/α,β-unsaturated/α-hetero) is 1.